The van der Waals surface area contributed by atoms with Gasteiger partial charge in [0.2, 0.25) is 0 Å². The molecule has 0 saturated carbocycles. The van der Waals surface area contributed by atoms with Crippen LogP contribution in [0.25, 0.3) is 0 Å². The highest BCUT2D eigenvalue weighted by molar-refractivity contribution is 9.09. The largest absolute Gasteiger partial charge is 0.493 e. The molecule has 0 saturated heterocycles. The summed E-state index contributed by atoms with van der Waals surface area (Å²) in [6.45, 7) is 0.824. The summed E-state index contributed by atoms with van der Waals surface area (Å²) in [6.07, 6.45) is 1.03. The molecule has 3 rings (SSSR count). The summed E-state index contributed by atoms with van der Waals surface area (Å²) in [5.74, 6) is 1.05. The first-order valence-corrected chi connectivity index (χ1v) is 7.12. The Hall–Kier alpha value is -0.800. The number of hydrogen-bond donors (Lipinski definition) is 0. The molecule has 0 bridgehead atoms. The van der Waals surface area contributed by atoms with E-state index >= 15 is 0 Å². The molecule has 0 radical (unpaired) electrons. The van der Waals surface area contributed by atoms with Gasteiger partial charge in [-0.2, -0.15) is 11.3 Å². The van der Waals surface area contributed by atoms with E-state index in [1.807, 2.05) is 0 Å². The van der Waals surface area contributed by atoms with E-state index in [9.17, 15) is 0 Å². The van der Waals surface area contributed by atoms with Crippen LogP contribution in [0.5, 0.6) is 5.75 Å². The van der Waals surface area contributed by atoms with Crippen LogP contribution < -0.4 is 4.74 Å². The summed E-state index contributed by atoms with van der Waals surface area (Å²) in [5, 5.41) is 4.29. The van der Waals surface area contributed by atoms with E-state index in [0.717, 1.165) is 18.8 Å². The maximum Gasteiger partial charge on any atom is 0.122 e. The summed E-state index contributed by atoms with van der Waals surface area (Å²) in [5.41, 5.74) is 3.96. The van der Waals surface area contributed by atoms with Gasteiger partial charge in [-0.25, -0.2) is 0 Å². The number of benzene rings is 1. The molecule has 3 heteroatoms. The molecule has 82 valence electrons. The Morgan fingerprint density at radius 3 is 3.00 bits per heavy atom. The van der Waals surface area contributed by atoms with Crippen molar-refractivity contribution in [1.82, 2.24) is 0 Å². The predicted octanol–water partition coefficient (Wildman–Crippen LogP) is 4.17. The van der Waals surface area contributed by atoms with Gasteiger partial charge in [0.15, 0.2) is 0 Å². The molecule has 1 atom stereocenters. The van der Waals surface area contributed by atoms with Crippen molar-refractivity contribution in [2.75, 3.05) is 6.61 Å². The van der Waals surface area contributed by atoms with E-state index in [1.165, 1.54) is 16.7 Å². The van der Waals surface area contributed by atoms with Gasteiger partial charge in [0.05, 0.1) is 11.4 Å². The van der Waals surface area contributed by atoms with E-state index in [-0.39, 0.29) is 0 Å². The lowest BCUT2D eigenvalue weighted by Crippen LogP contribution is -1.91. The minimum absolute atomic E-state index is 0.296. The molecular weight excluding hydrogens is 284 g/mol. The van der Waals surface area contributed by atoms with Crippen molar-refractivity contribution >= 4 is 27.3 Å². The normalized spacial score (nSPS) is 15.6. The molecule has 2 aromatic rings. The quantitative estimate of drug-likeness (QED) is 0.756. The maximum atomic E-state index is 5.51. The molecule has 16 heavy (non-hydrogen) atoms. The zero-order valence-corrected chi connectivity index (χ0v) is 11.1. The molecule has 0 amide bonds. The minimum Gasteiger partial charge on any atom is -0.493 e. The molecule has 1 nitrogen and oxygen atoms in total. The number of hydrogen-bond acceptors (Lipinski definition) is 2. The smallest absolute Gasteiger partial charge is 0.122 e. The number of alkyl halides is 1. The molecule has 0 aliphatic carbocycles. The average Bonchev–Trinajstić information content (AvgIpc) is 2.98. The summed E-state index contributed by atoms with van der Waals surface area (Å²) in [6, 6.07) is 8.63. The summed E-state index contributed by atoms with van der Waals surface area (Å²) < 4.78 is 5.51. The zero-order chi connectivity index (χ0) is 11.0. The number of thiophene rings is 1. The lowest BCUT2D eigenvalue weighted by Gasteiger charge is -2.09. The third-order valence-electron chi connectivity index (χ3n) is 2.84. The molecular formula is C13H11BrOS. The van der Waals surface area contributed by atoms with Crippen LogP contribution in [0, 0.1) is 0 Å². The fraction of sp³-hybridized carbons (Fsp3) is 0.231. The fourth-order valence-corrected chi connectivity index (χ4v) is 3.41. The third kappa shape index (κ3) is 1.78. The van der Waals surface area contributed by atoms with Gasteiger partial charge < -0.3 is 4.74 Å². The molecule has 1 aliphatic heterocycles. The van der Waals surface area contributed by atoms with Gasteiger partial charge in [0.1, 0.15) is 5.75 Å². The lowest BCUT2D eigenvalue weighted by molar-refractivity contribution is 0.357. The SMILES string of the molecule is BrC(c1ccsc1)c1ccc2c(c1)CCO2. The molecule has 1 aromatic carbocycles. The number of rotatable bonds is 2. The van der Waals surface area contributed by atoms with Crippen LogP contribution in [0.3, 0.4) is 0 Å². The first-order valence-electron chi connectivity index (χ1n) is 5.26. The van der Waals surface area contributed by atoms with E-state index in [0.29, 0.717) is 4.83 Å². The molecule has 0 N–H and O–H groups in total. The van der Waals surface area contributed by atoms with E-state index < -0.39 is 0 Å². The Balaban J connectivity index is 1.95. The van der Waals surface area contributed by atoms with E-state index in [2.05, 4.69) is 51.0 Å². The second-order valence-electron chi connectivity index (χ2n) is 3.88. The topological polar surface area (TPSA) is 9.23 Å². The molecule has 1 unspecified atom stereocenters. The maximum absolute atomic E-state index is 5.51. The predicted molar refractivity (Wildman–Crippen MR) is 70.7 cm³/mol. The standard InChI is InChI=1S/C13H11BrOS/c14-13(11-4-6-16-8-11)10-1-2-12-9(7-10)3-5-15-12/h1-2,4,6-8,13H,3,5H2. The molecule has 0 fully saturated rings. The first-order chi connectivity index (χ1) is 7.84. The Morgan fingerprint density at radius 1 is 1.25 bits per heavy atom. The van der Waals surface area contributed by atoms with Crippen molar-refractivity contribution in [3.8, 4) is 5.75 Å². The van der Waals surface area contributed by atoms with Crippen molar-refractivity contribution in [3.63, 3.8) is 0 Å². The first kappa shape index (κ1) is 10.4. The highest BCUT2D eigenvalue weighted by Gasteiger charge is 2.16. The van der Waals surface area contributed by atoms with Gasteiger partial charge in [-0.3, -0.25) is 0 Å². The second kappa shape index (κ2) is 4.22. The average molecular weight is 295 g/mol. The van der Waals surface area contributed by atoms with Gasteiger partial charge in [0.25, 0.3) is 0 Å². The highest BCUT2D eigenvalue weighted by atomic mass is 79.9. The van der Waals surface area contributed by atoms with Crippen LogP contribution in [0.4, 0.5) is 0 Å². The van der Waals surface area contributed by atoms with Crippen molar-refractivity contribution in [2.45, 2.75) is 11.2 Å². The van der Waals surface area contributed by atoms with Crippen molar-refractivity contribution in [3.05, 3.63) is 51.7 Å². The van der Waals surface area contributed by atoms with Crippen LogP contribution in [-0.2, 0) is 6.42 Å². The van der Waals surface area contributed by atoms with Crippen LogP contribution >= 0.6 is 27.3 Å². The van der Waals surface area contributed by atoms with Gasteiger partial charge in [-0.05, 0) is 39.6 Å². The molecule has 1 aliphatic rings. The highest BCUT2D eigenvalue weighted by Crippen LogP contribution is 2.35. The van der Waals surface area contributed by atoms with Gasteiger partial charge in [-0.1, -0.05) is 28.1 Å². The van der Waals surface area contributed by atoms with Crippen molar-refractivity contribution in [1.29, 1.82) is 0 Å². The van der Waals surface area contributed by atoms with Crippen LogP contribution in [0.1, 0.15) is 21.5 Å². The van der Waals surface area contributed by atoms with Crippen LogP contribution in [0.2, 0.25) is 0 Å². The molecule has 0 spiro atoms. The third-order valence-corrected chi connectivity index (χ3v) is 4.60. The van der Waals surface area contributed by atoms with Crippen molar-refractivity contribution < 1.29 is 4.74 Å². The van der Waals surface area contributed by atoms with Gasteiger partial charge in [-0.15, -0.1) is 0 Å². The van der Waals surface area contributed by atoms with Gasteiger partial charge >= 0.3 is 0 Å². The van der Waals surface area contributed by atoms with Gasteiger partial charge in [0, 0.05) is 6.42 Å². The van der Waals surface area contributed by atoms with Crippen molar-refractivity contribution in [2.24, 2.45) is 0 Å². The minimum atomic E-state index is 0.296. The summed E-state index contributed by atoms with van der Waals surface area (Å²) in [7, 11) is 0. The van der Waals surface area contributed by atoms with Crippen LogP contribution in [0.15, 0.2) is 35.0 Å². The fourth-order valence-electron chi connectivity index (χ4n) is 1.98. The Bertz CT molecular complexity index is 493. The lowest BCUT2D eigenvalue weighted by atomic mass is 10.0. The number of fused-ring (bicyclic) bond motifs is 1. The van der Waals surface area contributed by atoms with E-state index in [4.69, 9.17) is 4.74 Å². The Labute approximate surface area is 107 Å². The molecule has 2 heterocycles. The summed E-state index contributed by atoms with van der Waals surface area (Å²) >= 11 is 5.48. The number of ether oxygens (including phenoxy) is 1. The summed E-state index contributed by atoms with van der Waals surface area (Å²) in [4.78, 5) is 0.296. The monoisotopic (exact) mass is 294 g/mol. The second-order valence-corrected chi connectivity index (χ2v) is 5.58. The Kier molecular flexibility index (Phi) is 2.74. The Morgan fingerprint density at radius 2 is 2.19 bits per heavy atom. The van der Waals surface area contributed by atoms with Crippen LogP contribution in [-0.4, -0.2) is 6.61 Å². The number of halogens is 1. The molecule has 1 aromatic heterocycles. The van der Waals surface area contributed by atoms with E-state index in [1.54, 1.807) is 11.3 Å². The zero-order valence-electron chi connectivity index (χ0n) is 8.65.